The molecule has 0 saturated carbocycles. The molecule has 4 heteroatoms. The number of amides is 1. The molecule has 0 saturated heterocycles. The maximum atomic E-state index is 11.0. The van der Waals surface area contributed by atoms with Gasteiger partial charge in [0.1, 0.15) is 0 Å². The van der Waals surface area contributed by atoms with Gasteiger partial charge >= 0.3 is 0 Å². The van der Waals surface area contributed by atoms with Crippen molar-refractivity contribution >= 4 is 11.6 Å². The van der Waals surface area contributed by atoms with Crippen molar-refractivity contribution in [2.24, 2.45) is 0 Å². The summed E-state index contributed by atoms with van der Waals surface area (Å²) < 4.78 is 0. The molecule has 0 aliphatic carbocycles. The van der Waals surface area contributed by atoms with Gasteiger partial charge in [-0.1, -0.05) is 6.07 Å². The van der Waals surface area contributed by atoms with Gasteiger partial charge in [0.15, 0.2) is 0 Å². The summed E-state index contributed by atoms with van der Waals surface area (Å²) in [6, 6.07) is 7.54. The number of nitrogens with zero attached hydrogens (tertiary/aromatic N) is 1. The largest absolute Gasteiger partial charge is 0.384 e. The Kier molecular flexibility index (Phi) is 4.34. The summed E-state index contributed by atoms with van der Waals surface area (Å²) in [5, 5.41) is 14.5. The van der Waals surface area contributed by atoms with Crippen molar-refractivity contribution in [3.8, 4) is 6.07 Å². The number of carbonyl (C=O) groups is 1. The Morgan fingerprint density at radius 3 is 2.88 bits per heavy atom. The number of nitrogens with one attached hydrogen (secondary N) is 2. The minimum Gasteiger partial charge on any atom is -0.384 e. The molecule has 0 aliphatic heterocycles. The SMILES string of the molecule is CNC(=O)CCNc1cc(C#N)ccc1C. The van der Waals surface area contributed by atoms with Gasteiger partial charge in [-0.3, -0.25) is 4.79 Å². The van der Waals surface area contributed by atoms with E-state index in [0.29, 0.717) is 18.5 Å². The van der Waals surface area contributed by atoms with E-state index in [1.54, 1.807) is 19.2 Å². The smallest absolute Gasteiger partial charge is 0.221 e. The van der Waals surface area contributed by atoms with Gasteiger partial charge < -0.3 is 10.6 Å². The Bertz CT molecular complexity index is 421. The molecule has 1 aromatic rings. The first-order chi connectivity index (χ1) is 7.67. The Morgan fingerprint density at radius 2 is 2.25 bits per heavy atom. The third-order valence-electron chi connectivity index (χ3n) is 2.31. The van der Waals surface area contributed by atoms with Crippen molar-refractivity contribution < 1.29 is 4.79 Å². The van der Waals surface area contributed by atoms with Gasteiger partial charge in [-0.15, -0.1) is 0 Å². The van der Waals surface area contributed by atoms with Crippen LogP contribution in [0, 0.1) is 18.3 Å². The highest BCUT2D eigenvalue weighted by Gasteiger charge is 2.01. The van der Waals surface area contributed by atoms with Crippen LogP contribution in [0.1, 0.15) is 17.5 Å². The molecule has 84 valence electrons. The Hall–Kier alpha value is -2.02. The minimum absolute atomic E-state index is 0.00147. The standard InChI is InChI=1S/C12H15N3O/c1-9-3-4-10(8-13)7-11(9)15-6-5-12(16)14-2/h3-4,7,15H,5-6H2,1-2H3,(H,14,16). The van der Waals surface area contributed by atoms with E-state index in [4.69, 9.17) is 5.26 Å². The Balaban J connectivity index is 2.60. The Labute approximate surface area is 95.3 Å². The van der Waals surface area contributed by atoms with Crippen molar-refractivity contribution in [1.82, 2.24) is 5.32 Å². The third kappa shape index (κ3) is 3.28. The van der Waals surface area contributed by atoms with E-state index in [0.717, 1.165) is 11.3 Å². The van der Waals surface area contributed by atoms with Crippen LogP contribution in [0.25, 0.3) is 0 Å². The highest BCUT2D eigenvalue weighted by atomic mass is 16.1. The second-order valence-corrected chi connectivity index (χ2v) is 3.49. The fourth-order valence-electron chi connectivity index (χ4n) is 1.32. The van der Waals surface area contributed by atoms with Crippen molar-refractivity contribution in [3.05, 3.63) is 29.3 Å². The van der Waals surface area contributed by atoms with Crippen LogP contribution in [0.5, 0.6) is 0 Å². The van der Waals surface area contributed by atoms with E-state index in [1.165, 1.54) is 0 Å². The molecule has 4 nitrogen and oxygen atoms in total. The number of hydrogen-bond donors (Lipinski definition) is 2. The zero-order valence-electron chi connectivity index (χ0n) is 9.50. The van der Waals surface area contributed by atoms with Crippen LogP contribution in [0.15, 0.2) is 18.2 Å². The lowest BCUT2D eigenvalue weighted by Gasteiger charge is -2.09. The van der Waals surface area contributed by atoms with E-state index < -0.39 is 0 Å². The first-order valence-corrected chi connectivity index (χ1v) is 5.12. The summed E-state index contributed by atoms with van der Waals surface area (Å²) in [5.41, 5.74) is 2.59. The highest BCUT2D eigenvalue weighted by molar-refractivity contribution is 5.76. The zero-order chi connectivity index (χ0) is 12.0. The fraction of sp³-hybridized carbons (Fsp3) is 0.333. The van der Waals surface area contributed by atoms with E-state index in [1.807, 2.05) is 13.0 Å². The fourth-order valence-corrected chi connectivity index (χ4v) is 1.32. The maximum absolute atomic E-state index is 11.0. The van der Waals surface area contributed by atoms with Crippen molar-refractivity contribution in [2.45, 2.75) is 13.3 Å². The molecular weight excluding hydrogens is 202 g/mol. The second-order valence-electron chi connectivity index (χ2n) is 3.49. The molecule has 0 unspecified atom stereocenters. The normalized spacial score (nSPS) is 9.31. The molecule has 1 amide bonds. The topological polar surface area (TPSA) is 64.9 Å². The monoisotopic (exact) mass is 217 g/mol. The van der Waals surface area contributed by atoms with Gasteiger partial charge in [-0.25, -0.2) is 0 Å². The van der Waals surface area contributed by atoms with Crippen LogP contribution in [0.4, 0.5) is 5.69 Å². The summed E-state index contributed by atoms with van der Waals surface area (Å²) in [6.45, 7) is 2.53. The van der Waals surface area contributed by atoms with Gasteiger partial charge in [-0.05, 0) is 24.6 Å². The summed E-state index contributed by atoms with van der Waals surface area (Å²) in [6.07, 6.45) is 0.423. The summed E-state index contributed by atoms with van der Waals surface area (Å²) in [4.78, 5) is 11.0. The van der Waals surface area contributed by atoms with E-state index in [-0.39, 0.29) is 5.91 Å². The molecular formula is C12H15N3O. The molecule has 0 aliphatic rings. The predicted octanol–water partition coefficient (Wildman–Crippen LogP) is 1.41. The molecule has 16 heavy (non-hydrogen) atoms. The molecule has 0 heterocycles. The van der Waals surface area contributed by atoms with Crippen LogP contribution in [-0.2, 0) is 4.79 Å². The van der Waals surface area contributed by atoms with E-state index in [2.05, 4.69) is 16.7 Å². The maximum Gasteiger partial charge on any atom is 0.221 e. The quantitative estimate of drug-likeness (QED) is 0.801. The molecule has 1 aromatic carbocycles. The van der Waals surface area contributed by atoms with E-state index >= 15 is 0 Å². The van der Waals surface area contributed by atoms with Gasteiger partial charge in [0.25, 0.3) is 0 Å². The van der Waals surface area contributed by atoms with E-state index in [9.17, 15) is 4.79 Å². The van der Waals surface area contributed by atoms with Crippen molar-refractivity contribution in [1.29, 1.82) is 5.26 Å². The molecule has 0 radical (unpaired) electrons. The van der Waals surface area contributed by atoms with Crippen LogP contribution in [0.3, 0.4) is 0 Å². The summed E-state index contributed by atoms with van der Waals surface area (Å²) >= 11 is 0. The molecule has 0 bridgehead atoms. The molecule has 0 aromatic heterocycles. The number of hydrogen-bond acceptors (Lipinski definition) is 3. The zero-order valence-corrected chi connectivity index (χ0v) is 9.50. The third-order valence-corrected chi connectivity index (χ3v) is 2.31. The number of rotatable bonds is 4. The molecule has 0 spiro atoms. The lowest BCUT2D eigenvalue weighted by atomic mass is 10.1. The molecule has 1 rings (SSSR count). The highest BCUT2D eigenvalue weighted by Crippen LogP contribution is 2.16. The van der Waals surface area contributed by atoms with Gasteiger partial charge in [0.2, 0.25) is 5.91 Å². The average molecular weight is 217 g/mol. The lowest BCUT2D eigenvalue weighted by molar-refractivity contribution is -0.120. The van der Waals surface area contributed by atoms with Crippen LogP contribution in [-0.4, -0.2) is 19.5 Å². The van der Waals surface area contributed by atoms with Gasteiger partial charge in [0.05, 0.1) is 11.6 Å². The number of nitriles is 1. The van der Waals surface area contributed by atoms with Crippen LogP contribution in [0.2, 0.25) is 0 Å². The molecule has 0 atom stereocenters. The first kappa shape index (κ1) is 12.1. The predicted molar refractivity (Wildman–Crippen MR) is 63.1 cm³/mol. The number of aryl methyl sites for hydroxylation is 1. The number of anilines is 1. The average Bonchev–Trinajstić information content (AvgIpc) is 2.31. The van der Waals surface area contributed by atoms with Crippen molar-refractivity contribution in [3.63, 3.8) is 0 Å². The van der Waals surface area contributed by atoms with Crippen LogP contribution < -0.4 is 10.6 Å². The number of benzene rings is 1. The minimum atomic E-state index is 0.00147. The summed E-state index contributed by atoms with van der Waals surface area (Å²) in [7, 11) is 1.61. The van der Waals surface area contributed by atoms with Crippen LogP contribution >= 0.6 is 0 Å². The summed E-state index contributed by atoms with van der Waals surface area (Å²) in [5.74, 6) is 0.00147. The van der Waals surface area contributed by atoms with Gasteiger partial charge in [-0.2, -0.15) is 5.26 Å². The Morgan fingerprint density at radius 1 is 1.50 bits per heavy atom. The second kappa shape index (κ2) is 5.76. The lowest BCUT2D eigenvalue weighted by Crippen LogP contribution is -2.20. The van der Waals surface area contributed by atoms with Crippen molar-refractivity contribution in [2.75, 3.05) is 18.9 Å². The first-order valence-electron chi connectivity index (χ1n) is 5.12. The van der Waals surface area contributed by atoms with Gasteiger partial charge in [0, 0.05) is 25.7 Å². The molecule has 2 N–H and O–H groups in total. The number of carbonyl (C=O) groups excluding carboxylic acids is 1. The molecule has 0 fully saturated rings.